The maximum Gasteiger partial charge on any atom is 0.271 e. The summed E-state index contributed by atoms with van der Waals surface area (Å²) in [5.41, 5.74) is 0.236. The largest absolute Gasteiger partial charge is 0.384 e. The summed E-state index contributed by atoms with van der Waals surface area (Å²) >= 11 is 11.9. The zero-order valence-electron chi connectivity index (χ0n) is 11.5. The Morgan fingerprint density at radius 2 is 1.86 bits per heavy atom. The monoisotopic (exact) mass is 341 g/mol. The van der Waals surface area contributed by atoms with E-state index in [1.54, 1.807) is 23.3 Å². The summed E-state index contributed by atoms with van der Waals surface area (Å²) in [6.07, 6.45) is 0. The molecule has 1 aliphatic rings. The van der Waals surface area contributed by atoms with Crippen LogP contribution in [0.15, 0.2) is 35.1 Å². The normalized spacial score (nSPS) is 15.7. The predicted octanol–water partition coefficient (Wildman–Crippen LogP) is 2.17. The number of benzene rings is 1. The fourth-order valence-corrected chi connectivity index (χ4v) is 2.31. The molecular formula is C14H13Cl2N3O3. The average molecular weight is 342 g/mol. The van der Waals surface area contributed by atoms with Crippen LogP contribution in [0.2, 0.25) is 10.0 Å². The van der Waals surface area contributed by atoms with Crippen molar-refractivity contribution in [2.75, 3.05) is 26.3 Å². The summed E-state index contributed by atoms with van der Waals surface area (Å²) in [5, 5.41) is 6.72. The van der Waals surface area contributed by atoms with Gasteiger partial charge in [0.15, 0.2) is 0 Å². The first kappa shape index (κ1) is 15.3. The Morgan fingerprint density at radius 3 is 2.59 bits per heavy atom. The Morgan fingerprint density at radius 1 is 1.09 bits per heavy atom. The number of hydrogen-bond donors (Lipinski definition) is 0. The SMILES string of the molecule is O=c1ccc(ON2CCOCC2)nn1-c1ccc(Cl)c(Cl)c1. The number of hydroxylamine groups is 2. The molecule has 1 fully saturated rings. The molecule has 3 rings (SSSR count). The Hall–Kier alpha value is -1.60. The second-order valence-electron chi connectivity index (χ2n) is 4.65. The van der Waals surface area contributed by atoms with E-state index in [1.165, 1.54) is 16.8 Å². The van der Waals surface area contributed by atoms with Gasteiger partial charge in [-0.15, -0.1) is 10.2 Å². The maximum atomic E-state index is 12.0. The van der Waals surface area contributed by atoms with Gasteiger partial charge in [0, 0.05) is 12.1 Å². The van der Waals surface area contributed by atoms with Crippen LogP contribution in [0.5, 0.6) is 5.88 Å². The van der Waals surface area contributed by atoms with Crippen LogP contribution in [0, 0.1) is 0 Å². The molecule has 116 valence electrons. The van der Waals surface area contributed by atoms with E-state index in [2.05, 4.69) is 5.10 Å². The zero-order valence-corrected chi connectivity index (χ0v) is 13.0. The standard InChI is InChI=1S/C14H13Cl2N3O3/c15-11-2-1-10(9-12(11)16)19-14(20)4-3-13(17-19)22-18-5-7-21-8-6-18/h1-4,9H,5-8H2. The smallest absolute Gasteiger partial charge is 0.271 e. The van der Waals surface area contributed by atoms with E-state index in [9.17, 15) is 4.79 Å². The minimum atomic E-state index is -0.285. The van der Waals surface area contributed by atoms with Crippen LogP contribution in [0.4, 0.5) is 0 Å². The van der Waals surface area contributed by atoms with Gasteiger partial charge in [0.25, 0.3) is 11.4 Å². The van der Waals surface area contributed by atoms with E-state index in [-0.39, 0.29) is 5.56 Å². The Labute approximate surface area is 136 Å². The van der Waals surface area contributed by atoms with Crippen molar-refractivity contribution < 1.29 is 9.57 Å². The zero-order chi connectivity index (χ0) is 15.5. The van der Waals surface area contributed by atoms with Crippen molar-refractivity contribution in [3.8, 4) is 11.6 Å². The molecule has 0 saturated carbocycles. The fraction of sp³-hybridized carbons (Fsp3) is 0.286. The molecular weight excluding hydrogens is 329 g/mol. The predicted molar refractivity (Wildman–Crippen MR) is 82.9 cm³/mol. The lowest BCUT2D eigenvalue weighted by atomic mass is 10.3. The Balaban J connectivity index is 1.89. The van der Waals surface area contributed by atoms with Gasteiger partial charge in [0.2, 0.25) is 0 Å². The molecule has 2 aromatic rings. The molecule has 0 aliphatic carbocycles. The molecule has 2 heterocycles. The first-order valence-corrected chi connectivity index (χ1v) is 7.45. The molecule has 6 nitrogen and oxygen atoms in total. The minimum absolute atomic E-state index is 0.285. The first-order chi connectivity index (χ1) is 10.6. The third kappa shape index (κ3) is 3.41. The van der Waals surface area contributed by atoms with Crippen LogP contribution >= 0.6 is 23.2 Å². The van der Waals surface area contributed by atoms with Crippen molar-refractivity contribution in [3.63, 3.8) is 0 Å². The third-order valence-electron chi connectivity index (χ3n) is 3.12. The van der Waals surface area contributed by atoms with Crippen LogP contribution in [-0.2, 0) is 4.74 Å². The van der Waals surface area contributed by atoms with Crippen molar-refractivity contribution in [1.82, 2.24) is 14.8 Å². The molecule has 0 radical (unpaired) electrons. The second kappa shape index (κ2) is 6.66. The van der Waals surface area contributed by atoms with E-state index in [0.717, 1.165) is 0 Å². The Bertz CT molecular complexity index is 730. The highest BCUT2D eigenvalue weighted by Crippen LogP contribution is 2.23. The summed E-state index contributed by atoms with van der Waals surface area (Å²) < 4.78 is 6.47. The molecule has 0 N–H and O–H groups in total. The molecule has 0 atom stereocenters. The van der Waals surface area contributed by atoms with Gasteiger partial charge in [-0.25, -0.2) is 0 Å². The summed E-state index contributed by atoms with van der Waals surface area (Å²) in [7, 11) is 0. The number of aromatic nitrogens is 2. The first-order valence-electron chi connectivity index (χ1n) is 6.70. The van der Waals surface area contributed by atoms with Crippen LogP contribution in [-0.4, -0.2) is 41.1 Å². The van der Waals surface area contributed by atoms with Gasteiger partial charge in [-0.2, -0.15) is 4.68 Å². The molecule has 1 aromatic heterocycles. The number of halogens is 2. The summed E-state index contributed by atoms with van der Waals surface area (Å²) in [6, 6.07) is 7.79. The summed E-state index contributed by atoms with van der Waals surface area (Å²) in [6.45, 7) is 2.50. The number of morpholine rings is 1. The molecule has 8 heteroatoms. The lowest BCUT2D eigenvalue weighted by Crippen LogP contribution is -2.39. The van der Waals surface area contributed by atoms with Crippen molar-refractivity contribution in [1.29, 1.82) is 0 Å². The van der Waals surface area contributed by atoms with E-state index in [4.69, 9.17) is 32.8 Å². The molecule has 22 heavy (non-hydrogen) atoms. The number of rotatable bonds is 3. The van der Waals surface area contributed by atoms with Gasteiger partial charge < -0.3 is 9.57 Å². The van der Waals surface area contributed by atoms with Crippen molar-refractivity contribution in [2.24, 2.45) is 0 Å². The number of ether oxygens (including phenoxy) is 1. The molecule has 0 spiro atoms. The van der Waals surface area contributed by atoms with Gasteiger partial charge >= 0.3 is 0 Å². The summed E-state index contributed by atoms with van der Waals surface area (Å²) in [5.74, 6) is 0.326. The van der Waals surface area contributed by atoms with Crippen molar-refractivity contribution in [3.05, 3.63) is 50.7 Å². The van der Waals surface area contributed by atoms with E-state index < -0.39 is 0 Å². The van der Waals surface area contributed by atoms with E-state index >= 15 is 0 Å². The average Bonchev–Trinajstić information content (AvgIpc) is 2.53. The van der Waals surface area contributed by atoms with Crippen LogP contribution in [0.25, 0.3) is 5.69 Å². The van der Waals surface area contributed by atoms with E-state index in [0.29, 0.717) is 47.9 Å². The number of hydrogen-bond acceptors (Lipinski definition) is 5. The Kier molecular flexibility index (Phi) is 4.63. The van der Waals surface area contributed by atoms with Crippen LogP contribution in [0.3, 0.4) is 0 Å². The van der Waals surface area contributed by atoms with Gasteiger partial charge in [0.05, 0.1) is 42.0 Å². The quantitative estimate of drug-likeness (QED) is 0.856. The molecule has 1 aliphatic heterocycles. The molecule has 0 bridgehead atoms. The molecule has 0 amide bonds. The molecule has 1 saturated heterocycles. The van der Waals surface area contributed by atoms with Crippen LogP contribution < -0.4 is 10.4 Å². The van der Waals surface area contributed by atoms with Gasteiger partial charge in [0.1, 0.15) is 0 Å². The highest BCUT2D eigenvalue weighted by atomic mass is 35.5. The van der Waals surface area contributed by atoms with Crippen LogP contribution in [0.1, 0.15) is 0 Å². The van der Waals surface area contributed by atoms with Gasteiger partial charge in [-0.3, -0.25) is 4.79 Å². The molecule has 1 aromatic carbocycles. The topological polar surface area (TPSA) is 56.6 Å². The van der Waals surface area contributed by atoms with Crippen molar-refractivity contribution >= 4 is 23.2 Å². The second-order valence-corrected chi connectivity index (χ2v) is 5.47. The number of nitrogens with zero attached hydrogens (tertiary/aromatic N) is 3. The lowest BCUT2D eigenvalue weighted by Gasteiger charge is -2.25. The fourth-order valence-electron chi connectivity index (χ4n) is 2.01. The van der Waals surface area contributed by atoms with Gasteiger partial charge in [-0.05, 0) is 18.2 Å². The summed E-state index contributed by atoms with van der Waals surface area (Å²) in [4.78, 5) is 17.6. The minimum Gasteiger partial charge on any atom is -0.384 e. The highest BCUT2D eigenvalue weighted by Gasteiger charge is 2.14. The highest BCUT2D eigenvalue weighted by molar-refractivity contribution is 6.42. The van der Waals surface area contributed by atoms with E-state index in [1.807, 2.05) is 0 Å². The third-order valence-corrected chi connectivity index (χ3v) is 3.86. The lowest BCUT2D eigenvalue weighted by molar-refractivity contribution is -0.121. The maximum absolute atomic E-state index is 12.0. The molecule has 0 unspecified atom stereocenters. The van der Waals surface area contributed by atoms with Gasteiger partial charge in [-0.1, -0.05) is 23.2 Å². The van der Waals surface area contributed by atoms with Crippen molar-refractivity contribution in [2.45, 2.75) is 0 Å².